The van der Waals surface area contributed by atoms with Gasteiger partial charge in [0.05, 0.1) is 17.4 Å². The van der Waals surface area contributed by atoms with E-state index in [0.29, 0.717) is 13.2 Å². The molecule has 0 aromatic heterocycles. The number of anilines is 1. The lowest BCUT2D eigenvalue weighted by molar-refractivity contribution is 0.0696. The molecule has 0 aliphatic carbocycles. The van der Waals surface area contributed by atoms with E-state index in [1.165, 1.54) is 12.1 Å². The number of ether oxygens (including phenoxy) is 1. The van der Waals surface area contributed by atoms with Crippen LogP contribution in [-0.2, 0) is 4.74 Å². The van der Waals surface area contributed by atoms with Crippen molar-refractivity contribution in [2.75, 3.05) is 18.5 Å². The third-order valence-electron chi connectivity index (χ3n) is 2.25. The molecule has 0 heterocycles. The Morgan fingerprint density at radius 2 is 2.29 bits per heavy atom. The minimum Gasteiger partial charge on any atom is -0.478 e. The van der Waals surface area contributed by atoms with E-state index in [2.05, 4.69) is 5.32 Å². The molecule has 1 atom stereocenters. The van der Waals surface area contributed by atoms with Crippen molar-refractivity contribution >= 4 is 11.7 Å². The monoisotopic (exact) mass is 241 g/mol. The molecule has 1 rings (SSSR count). The number of carboxylic acids is 1. The Hall–Kier alpha value is -1.62. The first-order valence-electron chi connectivity index (χ1n) is 5.43. The summed E-state index contributed by atoms with van der Waals surface area (Å²) in [5, 5.41) is 11.6. The van der Waals surface area contributed by atoms with Gasteiger partial charge in [-0.2, -0.15) is 0 Å². The fraction of sp³-hybridized carbons (Fsp3) is 0.417. The van der Waals surface area contributed by atoms with E-state index in [1.54, 1.807) is 0 Å². The van der Waals surface area contributed by atoms with Crippen LogP contribution < -0.4 is 5.32 Å². The summed E-state index contributed by atoms with van der Waals surface area (Å²) in [5.74, 6) is -1.72. The highest BCUT2D eigenvalue weighted by atomic mass is 19.1. The van der Waals surface area contributed by atoms with E-state index in [9.17, 15) is 9.18 Å². The summed E-state index contributed by atoms with van der Waals surface area (Å²) in [6.45, 7) is 4.83. The predicted molar refractivity (Wildman–Crippen MR) is 62.9 cm³/mol. The molecule has 5 heteroatoms. The van der Waals surface area contributed by atoms with Gasteiger partial charge in [0.1, 0.15) is 5.82 Å². The average molecular weight is 241 g/mol. The molecule has 1 aromatic carbocycles. The summed E-state index contributed by atoms with van der Waals surface area (Å²) < 4.78 is 18.8. The normalized spacial score (nSPS) is 12.2. The maximum Gasteiger partial charge on any atom is 0.335 e. The maximum absolute atomic E-state index is 13.5. The van der Waals surface area contributed by atoms with Crippen molar-refractivity contribution in [3.63, 3.8) is 0 Å². The maximum atomic E-state index is 13.5. The number of carbonyl (C=O) groups is 1. The number of rotatable bonds is 6. The largest absolute Gasteiger partial charge is 0.478 e. The Kier molecular flexibility index (Phi) is 4.90. The fourth-order valence-corrected chi connectivity index (χ4v) is 1.39. The second kappa shape index (κ2) is 6.20. The topological polar surface area (TPSA) is 58.6 Å². The van der Waals surface area contributed by atoms with E-state index in [4.69, 9.17) is 9.84 Å². The molecule has 2 N–H and O–H groups in total. The van der Waals surface area contributed by atoms with Gasteiger partial charge in [-0.25, -0.2) is 9.18 Å². The van der Waals surface area contributed by atoms with Gasteiger partial charge in [0.25, 0.3) is 0 Å². The van der Waals surface area contributed by atoms with Crippen molar-refractivity contribution in [2.45, 2.75) is 20.0 Å². The number of halogens is 1. The second-order valence-electron chi connectivity index (χ2n) is 3.65. The quantitative estimate of drug-likeness (QED) is 0.802. The minimum absolute atomic E-state index is 0.0291. The molecule has 4 nitrogen and oxygen atoms in total. The number of benzene rings is 1. The van der Waals surface area contributed by atoms with Crippen LogP contribution in [0.25, 0.3) is 0 Å². The smallest absolute Gasteiger partial charge is 0.335 e. The van der Waals surface area contributed by atoms with E-state index < -0.39 is 11.8 Å². The van der Waals surface area contributed by atoms with Crippen LogP contribution in [-0.4, -0.2) is 30.3 Å². The molecule has 0 saturated heterocycles. The van der Waals surface area contributed by atoms with Gasteiger partial charge in [-0.05, 0) is 32.0 Å². The Morgan fingerprint density at radius 3 is 2.82 bits per heavy atom. The first-order chi connectivity index (χ1) is 8.04. The van der Waals surface area contributed by atoms with Crippen molar-refractivity contribution < 1.29 is 19.0 Å². The minimum atomic E-state index is -1.14. The van der Waals surface area contributed by atoms with E-state index in [0.717, 1.165) is 6.07 Å². The molecule has 0 aliphatic heterocycles. The van der Waals surface area contributed by atoms with Gasteiger partial charge in [0.2, 0.25) is 0 Å². The first kappa shape index (κ1) is 13.4. The van der Waals surface area contributed by atoms with Crippen molar-refractivity contribution in [1.29, 1.82) is 0 Å². The van der Waals surface area contributed by atoms with Crippen LogP contribution in [0.1, 0.15) is 24.2 Å². The molecule has 0 spiro atoms. The zero-order valence-electron chi connectivity index (χ0n) is 9.87. The van der Waals surface area contributed by atoms with Crippen LogP contribution in [0, 0.1) is 5.82 Å². The molecular weight excluding hydrogens is 225 g/mol. The first-order valence-corrected chi connectivity index (χ1v) is 5.43. The van der Waals surface area contributed by atoms with Gasteiger partial charge in [0.15, 0.2) is 0 Å². The molecule has 0 amide bonds. The molecule has 0 saturated carbocycles. The molecule has 0 aliphatic rings. The standard InChI is InChI=1S/C12H16FNO3/c1-3-17-8(2)7-14-11-5-4-9(12(15)16)6-10(11)13/h4-6,8,14H,3,7H2,1-2H3,(H,15,16). The van der Waals surface area contributed by atoms with Crippen molar-refractivity contribution in [2.24, 2.45) is 0 Å². The van der Waals surface area contributed by atoms with Gasteiger partial charge in [-0.15, -0.1) is 0 Å². The third-order valence-corrected chi connectivity index (χ3v) is 2.25. The van der Waals surface area contributed by atoms with E-state index >= 15 is 0 Å². The zero-order chi connectivity index (χ0) is 12.8. The van der Waals surface area contributed by atoms with Gasteiger partial charge in [0, 0.05) is 13.2 Å². The lowest BCUT2D eigenvalue weighted by Gasteiger charge is -2.14. The van der Waals surface area contributed by atoms with Crippen LogP contribution in [0.2, 0.25) is 0 Å². The average Bonchev–Trinajstić information content (AvgIpc) is 2.27. The molecule has 1 unspecified atom stereocenters. The van der Waals surface area contributed by atoms with Gasteiger partial charge in [-0.1, -0.05) is 0 Å². The number of hydrogen-bond donors (Lipinski definition) is 2. The van der Waals surface area contributed by atoms with Crippen LogP contribution in [0.15, 0.2) is 18.2 Å². The summed E-state index contributed by atoms with van der Waals surface area (Å²) in [4.78, 5) is 10.6. The summed E-state index contributed by atoms with van der Waals surface area (Å²) in [6, 6.07) is 3.77. The SMILES string of the molecule is CCOC(C)CNc1ccc(C(=O)O)cc1F. The lowest BCUT2D eigenvalue weighted by Crippen LogP contribution is -2.20. The Morgan fingerprint density at radius 1 is 1.59 bits per heavy atom. The van der Waals surface area contributed by atoms with Crippen LogP contribution >= 0.6 is 0 Å². The summed E-state index contributed by atoms with van der Waals surface area (Å²) >= 11 is 0. The van der Waals surface area contributed by atoms with Crippen LogP contribution in [0.5, 0.6) is 0 Å². The third kappa shape index (κ3) is 4.03. The summed E-state index contributed by atoms with van der Waals surface area (Å²) in [5.41, 5.74) is 0.215. The Labute approximate surface area is 99.4 Å². The van der Waals surface area contributed by atoms with Crippen molar-refractivity contribution in [3.8, 4) is 0 Å². The van der Waals surface area contributed by atoms with Crippen molar-refractivity contribution in [1.82, 2.24) is 0 Å². The van der Waals surface area contributed by atoms with Gasteiger partial charge in [-0.3, -0.25) is 0 Å². The van der Waals surface area contributed by atoms with E-state index in [-0.39, 0.29) is 17.4 Å². The molecule has 1 aromatic rings. The highest BCUT2D eigenvalue weighted by Gasteiger charge is 2.09. The lowest BCUT2D eigenvalue weighted by atomic mass is 10.2. The molecule has 17 heavy (non-hydrogen) atoms. The molecule has 0 radical (unpaired) electrons. The molecule has 0 bridgehead atoms. The van der Waals surface area contributed by atoms with Crippen LogP contribution in [0.3, 0.4) is 0 Å². The van der Waals surface area contributed by atoms with Crippen LogP contribution in [0.4, 0.5) is 10.1 Å². The molecular formula is C12H16FNO3. The molecule has 94 valence electrons. The molecule has 0 fully saturated rings. The number of nitrogens with one attached hydrogen (secondary N) is 1. The summed E-state index contributed by atoms with van der Waals surface area (Å²) in [7, 11) is 0. The summed E-state index contributed by atoms with van der Waals surface area (Å²) in [6.07, 6.45) is -0.0291. The predicted octanol–water partition coefficient (Wildman–Crippen LogP) is 2.36. The second-order valence-corrected chi connectivity index (χ2v) is 3.65. The highest BCUT2D eigenvalue weighted by molar-refractivity contribution is 5.88. The fourth-order valence-electron chi connectivity index (χ4n) is 1.39. The number of carboxylic acid groups (broad SMARTS) is 1. The Bertz CT molecular complexity index is 395. The number of aromatic carboxylic acids is 1. The Balaban J connectivity index is 2.63. The zero-order valence-corrected chi connectivity index (χ0v) is 9.87. The van der Waals surface area contributed by atoms with Crippen molar-refractivity contribution in [3.05, 3.63) is 29.6 Å². The number of hydrogen-bond acceptors (Lipinski definition) is 3. The highest BCUT2D eigenvalue weighted by Crippen LogP contribution is 2.15. The van der Waals surface area contributed by atoms with E-state index in [1.807, 2.05) is 13.8 Å². The van der Waals surface area contributed by atoms with Gasteiger partial charge >= 0.3 is 5.97 Å². The van der Waals surface area contributed by atoms with Gasteiger partial charge < -0.3 is 15.2 Å².